The van der Waals surface area contributed by atoms with Gasteiger partial charge in [0.2, 0.25) is 0 Å². The zero-order valence-electron chi connectivity index (χ0n) is 8.68. The fourth-order valence-corrected chi connectivity index (χ4v) is 1.13. The summed E-state index contributed by atoms with van der Waals surface area (Å²) in [7, 11) is 0. The highest BCUT2D eigenvalue weighted by Crippen LogP contribution is 2.12. The minimum atomic E-state index is 0.0926. The van der Waals surface area contributed by atoms with Crippen LogP contribution in [0.5, 0.6) is 0 Å². The molecular formula is C13H16O. The summed E-state index contributed by atoms with van der Waals surface area (Å²) < 4.78 is 0. The molecule has 1 aromatic carbocycles. The summed E-state index contributed by atoms with van der Waals surface area (Å²) in [6, 6.07) is 10.1. The Labute approximate surface area is 85.5 Å². The van der Waals surface area contributed by atoms with E-state index in [-0.39, 0.29) is 5.92 Å². The van der Waals surface area contributed by atoms with Crippen molar-refractivity contribution in [1.82, 2.24) is 0 Å². The van der Waals surface area contributed by atoms with Crippen molar-refractivity contribution in [2.45, 2.75) is 13.8 Å². The molecule has 0 saturated heterocycles. The maximum atomic E-state index is 10.5. The van der Waals surface area contributed by atoms with Gasteiger partial charge in [-0.2, -0.15) is 0 Å². The van der Waals surface area contributed by atoms with E-state index in [0.717, 1.165) is 6.29 Å². The number of carbonyl (C=O) groups excluding carboxylic acids is 1. The molecule has 0 heterocycles. The molecule has 0 spiro atoms. The van der Waals surface area contributed by atoms with E-state index in [1.54, 1.807) is 0 Å². The average molecular weight is 188 g/mol. The second-order valence-corrected chi connectivity index (χ2v) is 3.62. The van der Waals surface area contributed by atoms with Crippen molar-refractivity contribution in [3.05, 3.63) is 42.0 Å². The van der Waals surface area contributed by atoms with Gasteiger partial charge in [0.1, 0.15) is 6.29 Å². The summed E-state index contributed by atoms with van der Waals surface area (Å²) in [5, 5.41) is 0. The fourth-order valence-electron chi connectivity index (χ4n) is 1.13. The first-order chi connectivity index (χ1) is 6.74. The zero-order valence-corrected chi connectivity index (χ0v) is 8.68. The third kappa shape index (κ3) is 3.17. The lowest BCUT2D eigenvalue weighted by Gasteiger charge is -2.08. The van der Waals surface area contributed by atoms with Gasteiger partial charge in [0.25, 0.3) is 0 Å². The number of rotatable bonds is 4. The predicted molar refractivity (Wildman–Crippen MR) is 59.9 cm³/mol. The van der Waals surface area contributed by atoms with Gasteiger partial charge in [-0.15, -0.1) is 0 Å². The predicted octanol–water partition coefficient (Wildman–Crippen LogP) is 3.17. The lowest BCUT2D eigenvalue weighted by Crippen LogP contribution is -2.05. The highest BCUT2D eigenvalue weighted by Gasteiger charge is 2.06. The highest BCUT2D eigenvalue weighted by molar-refractivity contribution is 5.55. The van der Waals surface area contributed by atoms with Gasteiger partial charge in [0.05, 0.1) is 0 Å². The Hall–Kier alpha value is -1.37. The Morgan fingerprint density at radius 2 is 1.71 bits per heavy atom. The van der Waals surface area contributed by atoms with E-state index in [1.165, 1.54) is 5.56 Å². The number of carbonyl (C=O) groups is 1. The lowest BCUT2D eigenvalue weighted by molar-refractivity contribution is -0.111. The molecule has 0 aromatic heterocycles. The van der Waals surface area contributed by atoms with Crippen molar-refractivity contribution in [1.29, 1.82) is 0 Å². The number of benzene rings is 1. The van der Waals surface area contributed by atoms with Crippen LogP contribution in [0.15, 0.2) is 36.4 Å². The van der Waals surface area contributed by atoms with Crippen molar-refractivity contribution < 1.29 is 4.79 Å². The molecule has 2 atom stereocenters. The molecule has 1 nitrogen and oxygen atoms in total. The molecule has 0 bridgehead atoms. The molecule has 0 radical (unpaired) electrons. The normalized spacial score (nSPS) is 15.3. The van der Waals surface area contributed by atoms with E-state index in [9.17, 15) is 4.79 Å². The highest BCUT2D eigenvalue weighted by atomic mass is 16.1. The molecule has 14 heavy (non-hydrogen) atoms. The Balaban J connectivity index is 2.60. The monoisotopic (exact) mass is 188 g/mol. The van der Waals surface area contributed by atoms with Crippen LogP contribution in [0.3, 0.4) is 0 Å². The van der Waals surface area contributed by atoms with E-state index < -0.39 is 0 Å². The van der Waals surface area contributed by atoms with Crippen molar-refractivity contribution in [3.8, 4) is 0 Å². The smallest absolute Gasteiger partial charge is 0.123 e. The van der Waals surface area contributed by atoms with E-state index in [0.29, 0.717) is 5.92 Å². The number of aldehydes is 1. The average Bonchev–Trinajstić information content (AvgIpc) is 2.26. The Morgan fingerprint density at radius 3 is 2.29 bits per heavy atom. The van der Waals surface area contributed by atoms with E-state index in [2.05, 4.69) is 31.2 Å². The van der Waals surface area contributed by atoms with Gasteiger partial charge in [-0.25, -0.2) is 0 Å². The second-order valence-electron chi connectivity index (χ2n) is 3.62. The fraction of sp³-hybridized carbons (Fsp3) is 0.308. The van der Waals surface area contributed by atoms with Gasteiger partial charge in [0.15, 0.2) is 0 Å². The molecule has 0 fully saturated rings. The third-order valence-electron chi connectivity index (χ3n) is 2.44. The van der Waals surface area contributed by atoms with Gasteiger partial charge in [-0.3, -0.25) is 0 Å². The van der Waals surface area contributed by atoms with E-state index in [4.69, 9.17) is 0 Å². The molecule has 0 amide bonds. The number of hydrogen-bond acceptors (Lipinski definition) is 1. The third-order valence-corrected chi connectivity index (χ3v) is 2.44. The summed E-state index contributed by atoms with van der Waals surface area (Å²) in [6.07, 6.45) is 5.14. The molecule has 0 N–H and O–H groups in total. The minimum Gasteiger partial charge on any atom is -0.303 e. The van der Waals surface area contributed by atoms with Crippen molar-refractivity contribution in [3.63, 3.8) is 0 Å². The maximum Gasteiger partial charge on any atom is 0.123 e. The first kappa shape index (κ1) is 10.7. The first-order valence-electron chi connectivity index (χ1n) is 4.92. The summed E-state index contributed by atoms with van der Waals surface area (Å²) >= 11 is 0. The summed E-state index contributed by atoms with van der Waals surface area (Å²) in [6.45, 7) is 3.99. The topological polar surface area (TPSA) is 17.1 Å². The minimum absolute atomic E-state index is 0.0926. The molecule has 74 valence electrons. The van der Waals surface area contributed by atoms with Gasteiger partial charge in [-0.1, -0.05) is 56.3 Å². The van der Waals surface area contributed by atoms with Gasteiger partial charge in [0, 0.05) is 5.92 Å². The number of allylic oxidation sites excluding steroid dienone is 1. The largest absolute Gasteiger partial charge is 0.303 e. The molecule has 0 aliphatic carbocycles. The van der Waals surface area contributed by atoms with Crippen LogP contribution >= 0.6 is 0 Å². The van der Waals surface area contributed by atoms with Crippen LogP contribution in [0.2, 0.25) is 0 Å². The Bertz CT molecular complexity index is 300. The SMILES string of the molecule is CC(C=O)C(C)C=Cc1ccccc1. The van der Waals surface area contributed by atoms with Gasteiger partial charge in [-0.05, 0) is 11.5 Å². The van der Waals surface area contributed by atoms with E-state index in [1.807, 2.05) is 25.1 Å². The molecule has 0 aliphatic heterocycles. The zero-order chi connectivity index (χ0) is 10.4. The van der Waals surface area contributed by atoms with Crippen LogP contribution in [0.25, 0.3) is 6.08 Å². The van der Waals surface area contributed by atoms with Crippen LogP contribution in [0.1, 0.15) is 19.4 Å². The van der Waals surface area contributed by atoms with Crippen LogP contribution in [0.4, 0.5) is 0 Å². The Kier molecular flexibility index (Phi) is 4.11. The van der Waals surface area contributed by atoms with Crippen molar-refractivity contribution in [2.24, 2.45) is 11.8 Å². The lowest BCUT2D eigenvalue weighted by atomic mass is 9.96. The first-order valence-corrected chi connectivity index (χ1v) is 4.92. The quantitative estimate of drug-likeness (QED) is 0.663. The van der Waals surface area contributed by atoms with Crippen LogP contribution in [0, 0.1) is 11.8 Å². The second kappa shape index (κ2) is 5.38. The summed E-state index contributed by atoms with van der Waals surface area (Å²) in [5.74, 6) is 0.391. The molecule has 1 aromatic rings. The summed E-state index contributed by atoms with van der Waals surface area (Å²) in [5.41, 5.74) is 1.18. The maximum absolute atomic E-state index is 10.5. The number of hydrogen-bond donors (Lipinski definition) is 0. The van der Waals surface area contributed by atoms with Crippen LogP contribution < -0.4 is 0 Å². The molecule has 0 saturated carbocycles. The van der Waals surface area contributed by atoms with Crippen LogP contribution in [-0.2, 0) is 4.79 Å². The molecule has 1 rings (SSSR count). The van der Waals surface area contributed by atoms with Crippen LogP contribution in [-0.4, -0.2) is 6.29 Å². The van der Waals surface area contributed by atoms with Crippen molar-refractivity contribution >= 4 is 12.4 Å². The van der Waals surface area contributed by atoms with E-state index >= 15 is 0 Å². The Morgan fingerprint density at radius 1 is 1.07 bits per heavy atom. The van der Waals surface area contributed by atoms with Gasteiger partial charge >= 0.3 is 0 Å². The van der Waals surface area contributed by atoms with Crippen molar-refractivity contribution in [2.75, 3.05) is 0 Å². The molecule has 2 unspecified atom stereocenters. The molecule has 0 aliphatic rings. The summed E-state index contributed by atoms with van der Waals surface area (Å²) in [4.78, 5) is 10.5. The standard InChI is InChI=1S/C13H16O/c1-11(12(2)10-14)8-9-13-6-4-3-5-7-13/h3-12H,1-2H3. The van der Waals surface area contributed by atoms with Gasteiger partial charge < -0.3 is 4.79 Å². The molecular weight excluding hydrogens is 172 g/mol. The molecule has 1 heteroatoms.